The minimum atomic E-state index is -0.713. The number of nitrogens with zero attached hydrogens (tertiary/aromatic N) is 2. The van der Waals surface area contributed by atoms with Crippen LogP contribution in [0.15, 0.2) is 83.9 Å². The van der Waals surface area contributed by atoms with E-state index >= 15 is 0 Å². The van der Waals surface area contributed by atoms with E-state index in [9.17, 15) is 9.59 Å². The summed E-state index contributed by atoms with van der Waals surface area (Å²) in [6.07, 6.45) is 0.635. The molecule has 4 aromatic rings. The predicted molar refractivity (Wildman–Crippen MR) is 142 cm³/mol. The van der Waals surface area contributed by atoms with Crippen LogP contribution in [0.4, 0.5) is 0 Å². The highest BCUT2D eigenvalue weighted by atomic mass is 35.5. The molecule has 0 saturated heterocycles. The smallest absolute Gasteiger partial charge is 0.247 e. The van der Waals surface area contributed by atoms with E-state index in [2.05, 4.69) is 16.0 Å². The molecule has 2 amide bonds. The Morgan fingerprint density at radius 2 is 1.71 bits per heavy atom. The second-order valence-corrected chi connectivity index (χ2v) is 10.1. The lowest BCUT2D eigenvalue weighted by molar-refractivity contribution is -0.138. The number of para-hydroxylation sites is 1. The van der Waals surface area contributed by atoms with Gasteiger partial charge in [-0.1, -0.05) is 84.0 Å². The zero-order valence-electron chi connectivity index (χ0n) is 19.4. The molecule has 1 aromatic heterocycles. The van der Waals surface area contributed by atoms with Crippen molar-refractivity contribution >= 4 is 46.1 Å². The van der Waals surface area contributed by atoms with E-state index in [1.807, 2.05) is 79.8 Å². The molecule has 2 heterocycles. The molecule has 178 valence electrons. The van der Waals surface area contributed by atoms with Gasteiger partial charge in [-0.05, 0) is 35.7 Å². The number of rotatable bonds is 6. The van der Waals surface area contributed by atoms with Gasteiger partial charge < -0.3 is 14.8 Å². The van der Waals surface area contributed by atoms with Crippen molar-refractivity contribution in [2.75, 3.05) is 12.3 Å². The third-order valence-electron chi connectivity index (χ3n) is 6.44. The first-order valence-electron chi connectivity index (χ1n) is 11.6. The topological polar surface area (TPSA) is 54.3 Å². The van der Waals surface area contributed by atoms with Gasteiger partial charge in [0.2, 0.25) is 11.8 Å². The number of hydrogen-bond donors (Lipinski definition) is 1. The summed E-state index contributed by atoms with van der Waals surface area (Å²) in [6.45, 7) is 0.843. The Kier molecular flexibility index (Phi) is 6.84. The van der Waals surface area contributed by atoms with Crippen LogP contribution in [0, 0.1) is 0 Å². The van der Waals surface area contributed by atoms with Gasteiger partial charge in [0.15, 0.2) is 0 Å². The minimum absolute atomic E-state index is 0.0379. The van der Waals surface area contributed by atoms with Gasteiger partial charge in [0.25, 0.3) is 0 Å². The van der Waals surface area contributed by atoms with Gasteiger partial charge in [-0.25, -0.2) is 0 Å². The van der Waals surface area contributed by atoms with Gasteiger partial charge in [-0.3, -0.25) is 9.59 Å². The van der Waals surface area contributed by atoms with E-state index in [1.165, 1.54) is 11.8 Å². The summed E-state index contributed by atoms with van der Waals surface area (Å²) < 4.78 is 2.10. The van der Waals surface area contributed by atoms with E-state index in [0.29, 0.717) is 30.3 Å². The van der Waals surface area contributed by atoms with E-state index in [-0.39, 0.29) is 11.8 Å². The largest absolute Gasteiger partial charge is 0.350 e. The molecule has 0 fully saturated rings. The van der Waals surface area contributed by atoms with Crippen molar-refractivity contribution in [1.29, 1.82) is 0 Å². The zero-order valence-corrected chi connectivity index (χ0v) is 21.0. The Hall–Kier alpha value is -3.22. The lowest BCUT2D eigenvalue weighted by Gasteiger charge is -2.30. The summed E-state index contributed by atoms with van der Waals surface area (Å²) in [6, 6.07) is 24.8. The summed E-state index contributed by atoms with van der Waals surface area (Å²) in [5.74, 6) is 0.0859. The van der Waals surface area contributed by atoms with Crippen LogP contribution in [0.3, 0.4) is 0 Å². The summed E-state index contributed by atoms with van der Waals surface area (Å²) in [7, 11) is 2.00. The van der Waals surface area contributed by atoms with Crippen molar-refractivity contribution in [3.05, 3.63) is 101 Å². The summed E-state index contributed by atoms with van der Waals surface area (Å²) in [4.78, 5) is 28.9. The highest BCUT2D eigenvalue weighted by Gasteiger charge is 2.38. The van der Waals surface area contributed by atoms with Crippen molar-refractivity contribution in [1.82, 2.24) is 14.8 Å². The number of amides is 2. The van der Waals surface area contributed by atoms with Gasteiger partial charge in [0.1, 0.15) is 6.04 Å². The van der Waals surface area contributed by atoms with Gasteiger partial charge in [-0.2, -0.15) is 0 Å². The minimum Gasteiger partial charge on any atom is -0.350 e. The van der Waals surface area contributed by atoms with Crippen molar-refractivity contribution in [3.8, 4) is 0 Å². The summed E-state index contributed by atoms with van der Waals surface area (Å²) in [5.41, 5.74) is 4.04. The number of nitrogens with one attached hydrogen (secondary N) is 1. The van der Waals surface area contributed by atoms with E-state index < -0.39 is 6.04 Å². The molecule has 3 aromatic carbocycles. The average molecular weight is 504 g/mol. The standard InChI is InChI=1S/C28H26ClN3O2S/c1-31-23-10-6-5-9-22(23)25-26(27(34)30-17-20-7-3-2-4-8-20)32(24(33)18-35-28(25)31)16-15-19-11-13-21(29)14-12-19/h2-14,26H,15-18H2,1H3,(H,30,34). The first kappa shape index (κ1) is 23.5. The van der Waals surface area contributed by atoms with E-state index in [4.69, 9.17) is 11.6 Å². The van der Waals surface area contributed by atoms with Crippen LogP contribution in [-0.2, 0) is 29.6 Å². The van der Waals surface area contributed by atoms with Crippen LogP contribution in [0.1, 0.15) is 22.7 Å². The number of carbonyl (C=O) groups is 2. The van der Waals surface area contributed by atoms with Crippen LogP contribution >= 0.6 is 23.4 Å². The maximum atomic E-state index is 13.8. The van der Waals surface area contributed by atoms with Crippen LogP contribution in [0.25, 0.3) is 10.9 Å². The van der Waals surface area contributed by atoms with Gasteiger partial charge in [-0.15, -0.1) is 0 Å². The molecule has 1 aliphatic heterocycles. The maximum Gasteiger partial charge on any atom is 0.247 e. The fourth-order valence-corrected chi connectivity index (χ4v) is 5.88. The monoisotopic (exact) mass is 503 g/mol. The molecule has 0 bridgehead atoms. The highest BCUT2D eigenvalue weighted by Crippen LogP contribution is 2.41. The number of hydrogen-bond acceptors (Lipinski definition) is 3. The molecule has 1 atom stereocenters. The Morgan fingerprint density at radius 3 is 2.49 bits per heavy atom. The molecule has 0 spiro atoms. The molecule has 1 aliphatic rings. The molecule has 5 nitrogen and oxygen atoms in total. The molecule has 1 N–H and O–H groups in total. The van der Waals surface area contributed by atoms with Crippen LogP contribution in [0.2, 0.25) is 5.02 Å². The SMILES string of the molecule is Cn1c2c(c3ccccc31)C(C(=O)NCc1ccccc1)N(CCc1ccc(Cl)cc1)C(=O)CS2. The summed E-state index contributed by atoms with van der Waals surface area (Å²) >= 11 is 7.55. The Labute approximate surface area is 214 Å². The first-order valence-corrected chi connectivity index (χ1v) is 12.9. The predicted octanol–water partition coefficient (Wildman–Crippen LogP) is 5.37. The number of thioether (sulfide) groups is 1. The van der Waals surface area contributed by atoms with E-state index in [0.717, 1.165) is 32.6 Å². The van der Waals surface area contributed by atoms with E-state index in [1.54, 1.807) is 4.90 Å². The van der Waals surface area contributed by atoms with Crippen molar-refractivity contribution in [2.45, 2.75) is 24.0 Å². The lowest BCUT2D eigenvalue weighted by Crippen LogP contribution is -2.44. The summed E-state index contributed by atoms with van der Waals surface area (Å²) in [5, 5.41) is 5.74. The van der Waals surface area contributed by atoms with Crippen LogP contribution in [0.5, 0.6) is 0 Å². The van der Waals surface area contributed by atoms with Crippen LogP contribution in [-0.4, -0.2) is 33.6 Å². The van der Waals surface area contributed by atoms with Gasteiger partial charge in [0.05, 0.1) is 10.8 Å². The molecular formula is C28H26ClN3O2S. The second kappa shape index (κ2) is 10.2. The molecule has 7 heteroatoms. The molecular weight excluding hydrogens is 478 g/mol. The number of aromatic nitrogens is 1. The number of carbonyl (C=O) groups excluding carboxylic acids is 2. The normalized spacial score (nSPS) is 15.7. The number of benzene rings is 3. The maximum absolute atomic E-state index is 13.8. The molecule has 0 aliphatic carbocycles. The Balaban J connectivity index is 1.53. The average Bonchev–Trinajstić information content (AvgIpc) is 3.06. The third-order valence-corrected chi connectivity index (χ3v) is 7.85. The Morgan fingerprint density at radius 1 is 1.00 bits per heavy atom. The second-order valence-electron chi connectivity index (χ2n) is 8.65. The fourth-order valence-electron chi connectivity index (χ4n) is 4.66. The van der Waals surface area contributed by atoms with Gasteiger partial charge in [0, 0.05) is 41.6 Å². The fraction of sp³-hybridized carbons (Fsp3) is 0.214. The lowest BCUT2D eigenvalue weighted by atomic mass is 10.0. The number of halogens is 1. The highest BCUT2D eigenvalue weighted by molar-refractivity contribution is 8.00. The van der Waals surface area contributed by atoms with Gasteiger partial charge >= 0.3 is 0 Å². The van der Waals surface area contributed by atoms with Crippen molar-refractivity contribution in [2.24, 2.45) is 7.05 Å². The number of aryl methyl sites for hydroxylation is 1. The zero-order chi connectivity index (χ0) is 24.4. The molecule has 1 unspecified atom stereocenters. The first-order chi connectivity index (χ1) is 17.0. The van der Waals surface area contributed by atoms with Crippen molar-refractivity contribution < 1.29 is 9.59 Å². The quantitative estimate of drug-likeness (QED) is 0.385. The molecule has 0 saturated carbocycles. The number of fused-ring (bicyclic) bond motifs is 3. The molecule has 0 radical (unpaired) electrons. The molecule has 5 rings (SSSR count). The van der Waals surface area contributed by atoms with Crippen LogP contribution < -0.4 is 5.32 Å². The molecule has 35 heavy (non-hydrogen) atoms. The van der Waals surface area contributed by atoms with Crippen molar-refractivity contribution in [3.63, 3.8) is 0 Å². The third kappa shape index (κ3) is 4.81. The Bertz CT molecular complexity index is 1370.